The van der Waals surface area contributed by atoms with Crippen LogP contribution in [0.3, 0.4) is 0 Å². The molecule has 2 N–H and O–H groups in total. The smallest absolute Gasteiger partial charge is 0.226 e. The monoisotopic (exact) mass is 335 g/mol. The van der Waals surface area contributed by atoms with Gasteiger partial charge in [-0.05, 0) is 24.8 Å². The molecule has 6 nitrogen and oxygen atoms in total. The molecule has 0 aliphatic rings. The molecule has 0 fully saturated rings. The average Bonchev–Trinajstić information content (AvgIpc) is 3.18. The number of aromatic nitrogens is 2. The third kappa shape index (κ3) is 5.35. The molecule has 23 heavy (non-hydrogen) atoms. The second kappa shape index (κ2) is 8.10. The summed E-state index contributed by atoms with van der Waals surface area (Å²) in [5.41, 5.74) is 0.0765. The zero-order valence-corrected chi connectivity index (χ0v) is 15.0. The minimum atomic E-state index is 0.0765. The molecule has 2 heterocycles. The molecule has 0 unspecified atom stereocenters. The molecule has 0 aromatic carbocycles. The summed E-state index contributed by atoms with van der Waals surface area (Å²) in [5, 5.41) is 12.6. The lowest BCUT2D eigenvalue weighted by molar-refractivity contribution is 0.372. The van der Waals surface area contributed by atoms with E-state index in [1.165, 1.54) is 4.88 Å². The molecule has 0 aliphatic carbocycles. The molecule has 2 rings (SSSR count). The summed E-state index contributed by atoms with van der Waals surface area (Å²) in [6.45, 7) is 7.93. The summed E-state index contributed by atoms with van der Waals surface area (Å²) < 4.78 is 5.10. The minimum Gasteiger partial charge on any atom is -0.356 e. The Morgan fingerprint density at radius 1 is 1.39 bits per heavy atom. The number of rotatable bonds is 7. The largest absolute Gasteiger partial charge is 0.356 e. The van der Waals surface area contributed by atoms with E-state index in [1.54, 1.807) is 18.4 Å². The van der Waals surface area contributed by atoms with E-state index in [-0.39, 0.29) is 5.41 Å². The molecule has 0 amide bonds. The molecule has 0 spiro atoms. The second-order valence-electron chi connectivity index (χ2n) is 6.05. The van der Waals surface area contributed by atoms with E-state index >= 15 is 0 Å². The van der Waals surface area contributed by atoms with E-state index in [1.807, 2.05) is 6.92 Å². The number of nitrogens with zero attached hydrogens (tertiary/aromatic N) is 3. The fraction of sp³-hybridized carbons (Fsp3) is 0.562. The van der Waals surface area contributed by atoms with Gasteiger partial charge in [-0.3, -0.25) is 4.99 Å². The molecule has 0 radical (unpaired) electrons. The first kappa shape index (κ1) is 17.5. The van der Waals surface area contributed by atoms with Crippen molar-refractivity contribution >= 4 is 17.3 Å². The lowest BCUT2D eigenvalue weighted by Crippen LogP contribution is -2.43. The van der Waals surface area contributed by atoms with Crippen LogP contribution in [0.2, 0.25) is 0 Å². The van der Waals surface area contributed by atoms with Gasteiger partial charge in [0.1, 0.15) is 0 Å². The first-order valence-electron chi connectivity index (χ1n) is 7.79. The van der Waals surface area contributed by atoms with Crippen LogP contribution in [0.15, 0.2) is 27.0 Å². The van der Waals surface area contributed by atoms with Crippen LogP contribution >= 0.6 is 11.3 Å². The Kier molecular flexibility index (Phi) is 6.15. The van der Waals surface area contributed by atoms with Gasteiger partial charge in [0.15, 0.2) is 11.8 Å². The third-order valence-corrected chi connectivity index (χ3v) is 4.77. The molecular weight excluding hydrogens is 310 g/mol. The van der Waals surface area contributed by atoms with Crippen molar-refractivity contribution in [3.8, 4) is 0 Å². The maximum atomic E-state index is 5.10. The Morgan fingerprint density at radius 2 is 2.22 bits per heavy atom. The summed E-state index contributed by atoms with van der Waals surface area (Å²) in [7, 11) is 1.79. The van der Waals surface area contributed by atoms with E-state index in [2.05, 4.69) is 57.1 Å². The molecule has 0 aliphatic heterocycles. The lowest BCUT2D eigenvalue weighted by Gasteiger charge is -2.25. The van der Waals surface area contributed by atoms with Gasteiger partial charge in [-0.25, -0.2) is 0 Å². The zero-order chi connectivity index (χ0) is 16.7. The fourth-order valence-corrected chi connectivity index (χ4v) is 3.02. The second-order valence-corrected chi connectivity index (χ2v) is 7.00. The van der Waals surface area contributed by atoms with Crippen molar-refractivity contribution in [3.05, 3.63) is 34.1 Å². The van der Waals surface area contributed by atoms with Gasteiger partial charge in [0.05, 0.1) is 0 Å². The fourth-order valence-electron chi connectivity index (χ4n) is 2.16. The van der Waals surface area contributed by atoms with Gasteiger partial charge in [-0.2, -0.15) is 4.98 Å². The highest BCUT2D eigenvalue weighted by molar-refractivity contribution is 7.10. The van der Waals surface area contributed by atoms with Crippen LogP contribution in [0, 0.1) is 6.92 Å². The van der Waals surface area contributed by atoms with Crippen molar-refractivity contribution in [1.29, 1.82) is 0 Å². The molecule has 2 aromatic rings. The number of thiophene rings is 1. The van der Waals surface area contributed by atoms with Crippen molar-refractivity contribution in [3.63, 3.8) is 0 Å². The zero-order valence-electron chi connectivity index (χ0n) is 14.2. The van der Waals surface area contributed by atoms with E-state index in [9.17, 15) is 0 Å². The van der Waals surface area contributed by atoms with E-state index in [0.717, 1.165) is 31.9 Å². The standard InChI is InChI=1S/C16H25N5OS/c1-12-20-14(22-21-12)8-5-9-18-15(17-4)19-11-16(2,3)13-7-6-10-23-13/h6-7,10H,5,8-9,11H2,1-4H3,(H2,17,18,19). The van der Waals surface area contributed by atoms with Crippen LogP contribution in [-0.2, 0) is 11.8 Å². The molecule has 0 bridgehead atoms. The van der Waals surface area contributed by atoms with Gasteiger partial charge in [-0.1, -0.05) is 25.1 Å². The van der Waals surface area contributed by atoms with Crippen LogP contribution in [0.1, 0.15) is 36.9 Å². The predicted molar refractivity (Wildman–Crippen MR) is 94.1 cm³/mol. The molecule has 7 heteroatoms. The van der Waals surface area contributed by atoms with Crippen molar-refractivity contribution in [2.45, 2.75) is 39.0 Å². The van der Waals surface area contributed by atoms with Gasteiger partial charge in [-0.15, -0.1) is 11.3 Å². The Bertz CT molecular complexity index is 618. The highest BCUT2D eigenvalue weighted by Crippen LogP contribution is 2.26. The van der Waals surface area contributed by atoms with Crippen molar-refractivity contribution in [2.24, 2.45) is 4.99 Å². The van der Waals surface area contributed by atoms with Gasteiger partial charge >= 0.3 is 0 Å². The average molecular weight is 335 g/mol. The van der Waals surface area contributed by atoms with Crippen LogP contribution in [0.25, 0.3) is 0 Å². The van der Waals surface area contributed by atoms with Crippen molar-refractivity contribution in [2.75, 3.05) is 20.1 Å². The molecule has 0 saturated carbocycles. The summed E-state index contributed by atoms with van der Waals surface area (Å²) in [6, 6.07) is 4.27. The Morgan fingerprint density at radius 3 is 2.83 bits per heavy atom. The maximum absolute atomic E-state index is 5.10. The highest BCUT2D eigenvalue weighted by atomic mass is 32.1. The van der Waals surface area contributed by atoms with Gasteiger partial charge < -0.3 is 15.2 Å². The Labute approximate surface area is 141 Å². The lowest BCUT2D eigenvalue weighted by atomic mass is 9.91. The summed E-state index contributed by atoms with van der Waals surface area (Å²) >= 11 is 1.79. The van der Waals surface area contributed by atoms with Gasteiger partial charge in [0.2, 0.25) is 5.89 Å². The van der Waals surface area contributed by atoms with Crippen molar-refractivity contribution < 1.29 is 4.52 Å². The summed E-state index contributed by atoms with van der Waals surface area (Å²) in [4.78, 5) is 9.83. The number of hydrogen-bond donors (Lipinski definition) is 2. The van der Waals surface area contributed by atoms with Gasteiger partial charge in [0, 0.05) is 36.9 Å². The first-order valence-corrected chi connectivity index (χ1v) is 8.67. The SMILES string of the molecule is CN=C(NCCCc1nc(C)no1)NCC(C)(C)c1cccs1. The van der Waals surface area contributed by atoms with E-state index < -0.39 is 0 Å². The minimum absolute atomic E-state index is 0.0765. The predicted octanol–water partition coefficient (Wildman–Crippen LogP) is 2.51. The van der Waals surface area contributed by atoms with Crippen LogP contribution in [0.4, 0.5) is 0 Å². The molecule has 2 aromatic heterocycles. The first-order chi connectivity index (χ1) is 11.0. The summed E-state index contributed by atoms with van der Waals surface area (Å²) in [5.74, 6) is 2.18. The van der Waals surface area contributed by atoms with Gasteiger partial charge in [0.25, 0.3) is 0 Å². The Balaban J connectivity index is 1.71. The van der Waals surface area contributed by atoms with Crippen molar-refractivity contribution in [1.82, 2.24) is 20.8 Å². The topological polar surface area (TPSA) is 75.3 Å². The van der Waals surface area contributed by atoms with Crippen LogP contribution in [-0.4, -0.2) is 36.2 Å². The number of aliphatic imine (C=N–C) groups is 1. The molecule has 0 atom stereocenters. The maximum Gasteiger partial charge on any atom is 0.226 e. The molecule has 126 valence electrons. The van der Waals surface area contributed by atoms with E-state index in [0.29, 0.717) is 11.7 Å². The summed E-state index contributed by atoms with van der Waals surface area (Å²) in [6.07, 6.45) is 1.68. The molecule has 0 saturated heterocycles. The number of guanidine groups is 1. The quantitative estimate of drug-likeness (QED) is 0.462. The Hall–Kier alpha value is -1.89. The molecular formula is C16H25N5OS. The number of nitrogens with one attached hydrogen (secondary N) is 2. The van der Waals surface area contributed by atoms with Crippen LogP contribution in [0.5, 0.6) is 0 Å². The third-order valence-electron chi connectivity index (χ3n) is 3.54. The highest BCUT2D eigenvalue weighted by Gasteiger charge is 2.21. The normalized spacial score (nSPS) is 12.4. The number of aryl methyl sites for hydroxylation is 2. The number of hydrogen-bond acceptors (Lipinski definition) is 5. The van der Waals surface area contributed by atoms with E-state index in [4.69, 9.17) is 4.52 Å². The van der Waals surface area contributed by atoms with Crippen LogP contribution < -0.4 is 10.6 Å².